The molecule has 3 rings (SSSR count). The van der Waals surface area contributed by atoms with Crippen molar-refractivity contribution in [2.75, 3.05) is 0 Å². The Labute approximate surface area is 92.1 Å². The van der Waals surface area contributed by atoms with E-state index in [4.69, 9.17) is 0 Å². The van der Waals surface area contributed by atoms with Crippen LogP contribution in [0.3, 0.4) is 0 Å². The molecule has 0 amide bonds. The van der Waals surface area contributed by atoms with E-state index in [0.29, 0.717) is 0 Å². The van der Waals surface area contributed by atoms with E-state index in [-0.39, 0.29) is 0 Å². The highest BCUT2D eigenvalue weighted by Gasteiger charge is 2.34. The third-order valence-corrected chi connectivity index (χ3v) is 4.48. The molecule has 1 nitrogen and oxygen atoms in total. The lowest BCUT2D eigenvalue weighted by molar-refractivity contribution is -0.678. The van der Waals surface area contributed by atoms with Gasteiger partial charge in [0.15, 0.2) is 11.9 Å². The number of aryl methyl sites for hydroxylation is 3. The summed E-state index contributed by atoms with van der Waals surface area (Å²) in [6.45, 7) is 2.22. The summed E-state index contributed by atoms with van der Waals surface area (Å²) in [5.41, 5.74) is 4.70. The molecule has 0 spiro atoms. The molecule has 1 heterocycles. The predicted octanol–water partition coefficient (Wildman–Crippen LogP) is 2.65. The van der Waals surface area contributed by atoms with Crippen molar-refractivity contribution in [1.82, 2.24) is 0 Å². The normalized spacial score (nSPS) is 28.7. The quantitative estimate of drug-likeness (QED) is 0.569. The summed E-state index contributed by atoms with van der Waals surface area (Å²) in [7, 11) is 2.16. The first-order chi connectivity index (χ1) is 7.25. The second-order valence-electron chi connectivity index (χ2n) is 5.34. The monoisotopic (exact) mass is 202 g/mol. The van der Waals surface area contributed by atoms with Gasteiger partial charge in [-0.05, 0) is 43.1 Å². The van der Waals surface area contributed by atoms with Crippen molar-refractivity contribution in [3.05, 3.63) is 29.1 Å². The molecule has 0 aromatic carbocycles. The van der Waals surface area contributed by atoms with Crippen molar-refractivity contribution in [2.45, 2.75) is 44.9 Å². The molecule has 2 aliphatic carbocycles. The van der Waals surface area contributed by atoms with Crippen molar-refractivity contribution in [3.63, 3.8) is 0 Å². The minimum absolute atomic E-state index is 0.897. The Morgan fingerprint density at radius 1 is 1.27 bits per heavy atom. The third kappa shape index (κ3) is 1.40. The van der Waals surface area contributed by atoms with Gasteiger partial charge < -0.3 is 0 Å². The topological polar surface area (TPSA) is 3.88 Å². The number of hydrogen-bond donors (Lipinski definition) is 0. The van der Waals surface area contributed by atoms with E-state index in [1.807, 2.05) is 0 Å². The summed E-state index contributed by atoms with van der Waals surface area (Å²) in [4.78, 5) is 0. The van der Waals surface area contributed by atoms with E-state index >= 15 is 0 Å². The molecule has 1 aromatic rings. The Hall–Kier alpha value is -0.850. The minimum Gasteiger partial charge on any atom is -0.205 e. The first kappa shape index (κ1) is 9.38. The van der Waals surface area contributed by atoms with E-state index in [9.17, 15) is 0 Å². The van der Waals surface area contributed by atoms with Gasteiger partial charge in [0, 0.05) is 18.6 Å². The standard InChI is InChI=1S/C14H20N/c1-10-8-14-12(9-15(10)2)7-6-11-4-3-5-13(11)14/h8-9,11,13H,3-7H2,1-2H3/q+1. The molecule has 2 atom stereocenters. The Morgan fingerprint density at radius 2 is 2.13 bits per heavy atom. The van der Waals surface area contributed by atoms with Crippen LogP contribution in [0.25, 0.3) is 0 Å². The second kappa shape index (κ2) is 3.33. The zero-order valence-corrected chi connectivity index (χ0v) is 9.79. The van der Waals surface area contributed by atoms with Crippen LogP contribution in [0.1, 0.15) is 48.4 Å². The highest BCUT2D eigenvalue weighted by molar-refractivity contribution is 5.31. The van der Waals surface area contributed by atoms with Crippen molar-refractivity contribution in [1.29, 1.82) is 0 Å². The minimum atomic E-state index is 0.897. The van der Waals surface area contributed by atoms with E-state index < -0.39 is 0 Å². The fraction of sp³-hybridized carbons (Fsp3) is 0.643. The molecule has 1 fully saturated rings. The second-order valence-corrected chi connectivity index (χ2v) is 5.34. The lowest BCUT2D eigenvalue weighted by Crippen LogP contribution is -2.34. The first-order valence-corrected chi connectivity index (χ1v) is 6.25. The van der Waals surface area contributed by atoms with Gasteiger partial charge in [0.25, 0.3) is 0 Å². The summed E-state index contributed by atoms with van der Waals surface area (Å²) in [5, 5.41) is 0. The van der Waals surface area contributed by atoms with Crippen LogP contribution in [0.15, 0.2) is 12.3 Å². The maximum atomic E-state index is 2.44. The average molecular weight is 202 g/mol. The molecule has 15 heavy (non-hydrogen) atoms. The van der Waals surface area contributed by atoms with E-state index in [1.54, 1.807) is 11.1 Å². The highest BCUT2D eigenvalue weighted by Crippen LogP contribution is 2.46. The number of pyridine rings is 1. The largest absolute Gasteiger partial charge is 0.205 e. The summed E-state index contributed by atoms with van der Waals surface area (Å²) in [6.07, 6.45) is 9.47. The molecule has 1 saturated carbocycles. The number of rotatable bonds is 0. The molecular weight excluding hydrogens is 182 g/mol. The predicted molar refractivity (Wildman–Crippen MR) is 60.8 cm³/mol. The van der Waals surface area contributed by atoms with E-state index in [0.717, 1.165) is 11.8 Å². The van der Waals surface area contributed by atoms with Crippen LogP contribution in [0.5, 0.6) is 0 Å². The van der Waals surface area contributed by atoms with Crippen molar-refractivity contribution in [2.24, 2.45) is 13.0 Å². The maximum absolute atomic E-state index is 2.44. The molecule has 0 saturated heterocycles. The van der Waals surface area contributed by atoms with E-state index in [1.165, 1.54) is 37.8 Å². The number of fused-ring (bicyclic) bond motifs is 3. The average Bonchev–Trinajstić information content (AvgIpc) is 2.68. The van der Waals surface area contributed by atoms with Crippen LogP contribution >= 0.6 is 0 Å². The van der Waals surface area contributed by atoms with Crippen LogP contribution in [-0.4, -0.2) is 0 Å². The SMILES string of the molecule is Cc1cc2c(c[n+]1C)CCC1CCCC21. The number of nitrogens with zero attached hydrogens (tertiary/aromatic N) is 1. The van der Waals surface area contributed by atoms with Crippen molar-refractivity contribution >= 4 is 0 Å². The van der Waals surface area contributed by atoms with Crippen molar-refractivity contribution < 1.29 is 4.57 Å². The van der Waals surface area contributed by atoms with Gasteiger partial charge in [-0.1, -0.05) is 6.42 Å². The lowest BCUT2D eigenvalue weighted by atomic mass is 9.77. The van der Waals surface area contributed by atoms with Gasteiger partial charge in [0.2, 0.25) is 0 Å². The molecule has 0 N–H and O–H groups in total. The molecule has 0 aliphatic heterocycles. The molecular formula is C14H20N+. The highest BCUT2D eigenvalue weighted by atomic mass is 14.9. The van der Waals surface area contributed by atoms with Crippen LogP contribution in [0.2, 0.25) is 0 Å². The fourth-order valence-corrected chi connectivity index (χ4v) is 3.52. The van der Waals surface area contributed by atoms with Crippen LogP contribution in [0.4, 0.5) is 0 Å². The Morgan fingerprint density at radius 3 is 3.00 bits per heavy atom. The zero-order valence-electron chi connectivity index (χ0n) is 9.79. The van der Waals surface area contributed by atoms with Gasteiger partial charge in [-0.25, -0.2) is 4.57 Å². The fourth-order valence-electron chi connectivity index (χ4n) is 3.52. The van der Waals surface area contributed by atoms with Gasteiger partial charge in [0.05, 0.1) is 0 Å². The summed E-state index contributed by atoms with van der Waals surface area (Å²) in [5.74, 6) is 1.90. The van der Waals surface area contributed by atoms with Crippen LogP contribution in [0, 0.1) is 12.8 Å². The lowest BCUT2D eigenvalue weighted by Gasteiger charge is -2.27. The summed E-state index contributed by atoms with van der Waals surface area (Å²) in [6, 6.07) is 2.44. The molecule has 2 aliphatic rings. The Balaban J connectivity index is 2.09. The smallest absolute Gasteiger partial charge is 0.178 e. The van der Waals surface area contributed by atoms with Gasteiger partial charge in [0.1, 0.15) is 7.05 Å². The van der Waals surface area contributed by atoms with Gasteiger partial charge in [-0.3, -0.25) is 0 Å². The zero-order chi connectivity index (χ0) is 10.4. The van der Waals surface area contributed by atoms with Crippen molar-refractivity contribution in [3.8, 4) is 0 Å². The first-order valence-electron chi connectivity index (χ1n) is 6.25. The summed E-state index contributed by atoms with van der Waals surface area (Å²) < 4.78 is 2.27. The molecule has 0 bridgehead atoms. The number of hydrogen-bond acceptors (Lipinski definition) is 0. The molecule has 80 valence electrons. The summed E-state index contributed by atoms with van der Waals surface area (Å²) >= 11 is 0. The van der Waals surface area contributed by atoms with E-state index in [2.05, 4.69) is 30.8 Å². The Kier molecular flexibility index (Phi) is 2.08. The molecule has 0 radical (unpaired) electrons. The van der Waals surface area contributed by atoms with Gasteiger partial charge in [-0.15, -0.1) is 0 Å². The maximum Gasteiger partial charge on any atom is 0.178 e. The third-order valence-electron chi connectivity index (χ3n) is 4.48. The molecule has 1 heteroatoms. The van der Waals surface area contributed by atoms with Gasteiger partial charge in [-0.2, -0.15) is 0 Å². The Bertz CT molecular complexity index is 395. The van der Waals surface area contributed by atoms with Crippen LogP contribution < -0.4 is 4.57 Å². The van der Waals surface area contributed by atoms with Crippen LogP contribution in [-0.2, 0) is 13.5 Å². The number of aromatic nitrogens is 1. The van der Waals surface area contributed by atoms with Gasteiger partial charge >= 0.3 is 0 Å². The molecule has 1 aromatic heterocycles. The molecule has 2 unspecified atom stereocenters.